The van der Waals surface area contributed by atoms with Crippen LogP contribution in [0.3, 0.4) is 0 Å². The summed E-state index contributed by atoms with van der Waals surface area (Å²) in [5.41, 5.74) is -0.302. The first-order chi connectivity index (χ1) is 16.4. The Morgan fingerprint density at radius 3 is 2.24 bits per heavy atom. The van der Waals surface area contributed by atoms with Crippen molar-refractivity contribution in [2.75, 3.05) is 12.0 Å². The Bertz CT molecular complexity index is 1260. The number of nitrogens with zero attached hydrogens (tertiary/aromatic N) is 1. The van der Waals surface area contributed by atoms with Gasteiger partial charge in [-0.3, -0.25) is 14.9 Å². The first kappa shape index (κ1) is 21.8. The molecule has 0 aliphatic carbocycles. The number of esters is 1. The van der Waals surface area contributed by atoms with Gasteiger partial charge in [0.1, 0.15) is 11.6 Å². The van der Waals surface area contributed by atoms with Crippen molar-refractivity contribution >= 4 is 23.5 Å². The lowest BCUT2D eigenvalue weighted by Crippen LogP contribution is -2.53. The van der Waals surface area contributed by atoms with Crippen molar-refractivity contribution in [3.8, 4) is 5.75 Å². The van der Waals surface area contributed by atoms with Crippen LogP contribution in [0.5, 0.6) is 5.75 Å². The summed E-state index contributed by atoms with van der Waals surface area (Å²) in [7, 11) is 1.23. The van der Waals surface area contributed by atoms with E-state index in [1.54, 1.807) is 42.5 Å². The summed E-state index contributed by atoms with van der Waals surface area (Å²) < 4.78 is 18.7. The molecular formula is C26H21FN2O5. The van der Waals surface area contributed by atoms with E-state index >= 15 is 0 Å². The van der Waals surface area contributed by atoms with Gasteiger partial charge in [0.25, 0.3) is 0 Å². The monoisotopic (exact) mass is 460 g/mol. The Balaban J connectivity index is 1.72. The Hall–Kier alpha value is -4.04. The smallest absolute Gasteiger partial charge is 0.331 e. The molecule has 2 amide bonds. The molecule has 0 radical (unpaired) electrons. The molecule has 3 aromatic rings. The van der Waals surface area contributed by atoms with E-state index in [4.69, 9.17) is 4.74 Å². The van der Waals surface area contributed by atoms with Gasteiger partial charge >= 0.3 is 5.97 Å². The number of imide groups is 1. The number of benzene rings is 3. The van der Waals surface area contributed by atoms with Crippen molar-refractivity contribution in [2.24, 2.45) is 11.8 Å². The number of rotatable bonds is 4. The molecule has 0 spiro atoms. The fourth-order valence-electron chi connectivity index (χ4n) is 5.15. The highest BCUT2D eigenvalue weighted by Crippen LogP contribution is 2.54. The third kappa shape index (κ3) is 3.10. The minimum atomic E-state index is -1.63. The molecule has 0 saturated carbocycles. The van der Waals surface area contributed by atoms with Crippen LogP contribution in [0.1, 0.15) is 17.2 Å². The van der Waals surface area contributed by atoms with Gasteiger partial charge in [-0.2, -0.15) is 0 Å². The van der Waals surface area contributed by atoms with E-state index in [0.717, 1.165) is 4.90 Å². The van der Waals surface area contributed by atoms with Crippen molar-refractivity contribution in [3.05, 3.63) is 95.8 Å². The van der Waals surface area contributed by atoms with Crippen LogP contribution in [0.2, 0.25) is 0 Å². The maximum atomic E-state index is 13.8. The Kier molecular flexibility index (Phi) is 5.17. The van der Waals surface area contributed by atoms with Crippen LogP contribution >= 0.6 is 0 Å². The first-order valence-corrected chi connectivity index (χ1v) is 10.7. The normalized spacial score (nSPS) is 25.9. The van der Waals surface area contributed by atoms with E-state index in [1.807, 2.05) is 0 Å². The summed E-state index contributed by atoms with van der Waals surface area (Å²) in [5.74, 6) is -4.29. The topological polar surface area (TPSA) is 95.9 Å². The summed E-state index contributed by atoms with van der Waals surface area (Å²) in [6, 6.07) is 19.2. The molecule has 2 heterocycles. The van der Waals surface area contributed by atoms with E-state index in [-0.39, 0.29) is 11.4 Å². The predicted octanol–water partition coefficient (Wildman–Crippen LogP) is 3.05. The van der Waals surface area contributed by atoms with Gasteiger partial charge in [0, 0.05) is 6.04 Å². The van der Waals surface area contributed by atoms with Crippen LogP contribution in [0.25, 0.3) is 0 Å². The number of hydrogen-bond donors (Lipinski definition) is 2. The number of aromatic hydroxyl groups is 1. The molecular weight excluding hydrogens is 439 g/mol. The van der Waals surface area contributed by atoms with Gasteiger partial charge in [-0.15, -0.1) is 0 Å². The molecule has 5 rings (SSSR count). The number of amides is 2. The minimum Gasteiger partial charge on any atom is -0.508 e. The van der Waals surface area contributed by atoms with Crippen LogP contribution in [0, 0.1) is 17.7 Å². The molecule has 172 valence electrons. The van der Waals surface area contributed by atoms with Gasteiger partial charge < -0.3 is 9.84 Å². The zero-order valence-electron chi connectivity index (χ0n) is 18.1. The van der Waals surface area contributed by atoms with E-state index in [1.165, 1.54) is 43.5 Å². The fourth-order valence-corrected chi connectivity index (χ4v) is 5.15. The molecule has 2 aliphatic rings. The highest BCUT2D eigenvalue weighted by Gasteiger charge is 2.69. The Labute approximate surface area is 194 Å². The standard InChI is InChI=1S/C26H21FN2O5/c1-34-25(33)26(16-5-3-2-4-6-16)21-20(22(28-26)15-7-13-19(30)14-8-15)23(31)29(24(21)32)18-11-9-17(27)10-12-18/h2-14,20-22,28,30H,1H3/t20-,21-,22+,26+/m0/s1. The number of fused-ring (bicyclic) bond motifs is 1. The van der Waals surface area contributed by atoms with Crippen LogP contribution in [0.15, 0.2) is 78.9 Å². The average molecular weight is 460 g/mol. The second-order valence-electron chi connectivity index (χ2n) is 8.37. The lowest BCUT2D eigenvalue weighted by molar-refractivity contribution is -0.152. The number of carbonyl (C=O) groups excluding carboxylic acids is 3. The molecule has 0 bridgehead atoms. The lowest BCUT2D eigenvalue weighted by atomic mass is 9.75. The minimum absolute atomic E-state index is 0.0438. The second-order valence-corrected chi connectivity index (χ2v) is 8.37. The fraction of sp³-hybridized carbons (Fsp3) is 0.192. The Morgan fingerprint density at radius 2 is 1.62 bits per heavy atom. The van der Waals surface area contributed by atoms with Gasteiger partial charge in [0.2, 0.25) is 11.8 Å². The number of hydrogen-bond acceptors (Lipinski definition) is 6. The summed E-state index contributed by atoms with van der Waals surface area (Å²) in [6.07, 6.45) is 0. The van der Waals surface area contributed by atoms with Crippen LogP contribution in [0.4, 0.5) is 10.1 Å². The lowest BCUT2D eigenvalue weighted by Gasteiger charge is -2.33. The maximum Gasteiger partial charge on any atom is 0.331 e. The second kappa shape index (κ2) is 8.07. The molecule has 2 aliphatic heterocycles. The number of phenols is 1. The van der Waals surface area contributed by atoms with Gasteiger partial charge in [0.05, 0.1) is 24.6 Å². The van der Waals surface area contributed by atoms with Crippen molar-refractivity contribution in [1.82, 2.24) is 5.32 Å². The van der Waals surface area contributed by atoms with Crippen molar-refractivity contribution < 1.29 is 28.6 Å². The number of phenolic OH excluding ortho intramolecular Hbond substituents is 1. The van der Waals surface area contributed by atoms with Gasteiger partial charge in [-0.25, -0.2) is 14.1 Å². The number of carbonyl (C=O) groups is 3. The quantitative estimate of drug-likeness (QED) is 0.459. The summed E-state index contributed by atoms with van der Waals surface area (Å²) in [6.45, 7) is 0. The van der Waals surface area contributed by atoms with Gasteiger partial charge in [0.15, 0.2) is 5.54 Å². The third-order valence-electron chi connectivity index (χ3n) is 6.63. The van der Waals surface area contributed by atoms with E-state index in [9.17, 15) is 23.9 Å². The van der Waals surface area contributed by atoms with Crippen molar-refractivity contribution in [2.45, 2.75) is 11.6 Å². The van der Waals surface area contributed by atoms with Gasteiger partial charge in [-0.1, -0.05) is 42.5 Å². The number of nitrogens with one attached hydrogen (secondary N) is 1. The molecule has 2 N–H and O–H groups in total. The molecule has 4 atom stereocenters. The Morgan fingerprint density at radius 1 is 0.971 bits per heavy atom. The first-order valence-electron chi connectivity index (χ1n) is 10.7. The van der Waals surface area contributed by atoms with Crippen molar-refractivity contribution in [3.63, 3.8) is 0 Å². The number of ether oxygens (including phenoxy) is 1. The highest BCUT2D eigenvalue weighted by atomic mass is 19.1. The zero-order valence-corrected chi connectivity index (χ0v) is 18.1. The van der Waals surface area contributed by atoms with E-state index < -0.39 is 47.0 Å². The largest absolute Gasteiger partial charge is 0.508 e. The molecule has 3 aromatic carbocycles. The van der Waals surface area contributed by atoms with E-state index in [0.29, 0.717) is 11.1 Å². The van der Waals surface area contributed by atoms with Crippen molar-refractivity contribution in [1.29, 1.82) is 0 Å². The molecule has 0 unspecified atom stereocenters. The van der Waals surface area contributed by atoms with Gasteiger partial charge in [-0.05, 0) is 47.5 Å². The SMILES string of the molecule is COC(=O)[C@]1(c2ccccc2)N[C@H](c2ccc(O)cc2)[C@H]2C(=O)N(c3ccc(F)cc3)C(=O)[C@H]21. The van der Waals surface area contributed by atoms with Crippen LogP contribution in [-0.4, -0.2) is 30.0 Å². The molecule has 34 heavy (non-hydrogen) atoms. The molecule has 7 nitrogen and oxygen atoms in total. The van der Waals surface area contributed by atoms with Crippen LogP contribution in [-0.2, 0) is 24.7 Å². The number of anilines is 1. The highest BCUT2D eigenvalue weighted by molar-refractivity contribution is 6.24. The average Bonchev–Trinajstić information content (AvgIpc) is 3.35. The maximum absolute atomic E-state index is 13.8. The third-order valence-corrected chi connectivity index (χ3v) is 6.63. The molecule has 2 fully saturated rings. The molecule has 2 saturated heterocycles. The van der Waals surface area contributed by atoms with E-state index in [2.05, 4.69) is 5.32 Å². The summed E-state index contributed by atoms with van der Waals surface area (Å²) in [5, 5.41) is 13.0. The number of halogens is 1. The number of methoxy groups -OCH3 is 1. The summed E-state index contributed by atoms with van der Waals surface area (Å²) in [4.78, 5) is 42.0. The zero-order chi connectivity index (χ0) is 24.0. The van der Waals surface area contributed by atoms with Crippen LogP contribution < -0.4 is 10.2 Å². The molecule has 8 heteroatoms. The summed E-state index contributed by atoms with van der Waals surface area (Å²) >= 11 is 0. The molecule has 0 aromatic heterocycles. The predicted molar refractivity (Wildman–Crippen MR) is 120 cm³/mol.